The molecule has 0 fully saturated rings. The fourth-order valence-electron chi connectivity index (χ4n) is 3.26. The van der Waals surface area contributed by atoms with Crippen molar-refractivity contribution in [2.75, 3.05) is 0 Å². The van der Waals surface area contributed by atoms with Gasteiger partial charge in [-0.3, -0.25) is 14.5 Å². The van der Waals surface area contributed by atoms with E-state index in [2.05, 4.69) is 10.1 Å². The third-order valence-electron chi connectivity index (χ3n) is 4.42. The molecule has 0 spiro atoms. The molecule has 0 aliphatic carbocycles. The average molecular weight is 348 g/mol. The number of aldehydes is 1. The number of nitrogens with zero attached hydrogens (tertiary/aromatic N) is 4. The Morgan fingerprint density at radius 1 is 1.15 bits per heavy atom. The van der Waals surface area contributed by atoms with Crippen molar-refractivity contribution >= 4 is 17.2 Å². The topological polar surface area (TPSA) is 52.7 Å². The van der Waals surface area contributed by atoms with Crippen LogP contribution in [0.4, 0.5) is 4.39 Å². The summed E-state index contributed by atoms with van der Waals surface area (Å²) in [7, 11) is 0. The lowest BCUT2D eigenvalue weighted by molar-refractivity contribution is 0.112. The van der Waals surface area contributed by atoms with Crippen molar-refractivity contribution in [2.45, 2.75) is 19.9 Å². The first-order valence-electron chi connectivity index (χ1n) is 8.34. The number of benzene rings is 1. The monoisotopic (exact) mass is 348 g/mol. The van der Waals surface area contributed by atoms with Gasteiger partial charge >= 0.3 is 0 Å². The van der Waals surface area contributed by atoms with Gasteiger partial charge < -0.3 is 4.57 Å². The van der Waals surface area contributed by atoms with Crippen LogP contribution in [0.3, 0.4) is 0 Å². The first-order valence-corrected chi connectivity index (χ1v) is 8.34. The standard InChI is InChI=1S/C20H17FN4O/c1-13(2)25-19(6-8-23-25)17-9-15(21)3-4-18(17)24-11-14(12-26)16-5-7-22-10-20(16)24/h3-13H,1-2H3. The lowest BCUT2D eigenvalue weighted by atomic mass is 10.1. The van der Waals surface area contributed by atoms with Crippen molar-refractivity contribution in [3.63, 3.8) is 0 Å². The number of rotatable bonds is 4. The zero-order chi connectivity index (χ0) is 18.3. The van der Waals surface area contributed by atoms with Gasteiger partial charge in [-0.1, -0.05) is 0 Å². The summed E-state index contributed by atoms with van der Waals surface area (Å²) in [5.41, 5.74) is 3.63. The van der Waals surface area contributed by atoms with E-state index in [0.717, 1.165) is 28.6 Å². The quantitative estimate of drug-likeness (QED) is 0.513. The van der Waals surface area contributed by atoms with Gasteiger partial charge in [0.2, 0.25) is 0 Å². The SMILES string of the molecule is CC(C)n1nccc1-c1cc(F)ccc1-n1cc(C=O)c2ccncc21. The number of carbonyl (C=O) groups excluding carboxylic acids is 1. The predicted molar refractivity (Wildman–Crippen MR) is 98.0 cm³/mol. The van der Waals surface area contributed by atoms with Crippen LogP contribution < -0.4 is 0 Å². The van der Waals surface area contributed by atoms with E-state index in [0.29, 0.717) is 11.1 Å². The number of aromatic nitrogens is 4. The van der Waals surface area contributed by atoms with Gasteiger partial charge in [0, 0.05) is 41.1 Å². The van der Waals surface area contributed by atoms with E-state index in [-0.39, 0.29) is 11.9 Å². The molecular weight excluding hydrogens is 331 g/mol. The van der Waals surface area contributed by atoms with Crippen molar-refractivity contribution in [3.05, 3.63) is 66.5 Å². The van der Waals surface area contributed by atoms with Gasteiger partial charge in [-0.25, -0.2) is 4.39 Å². The van der Waals surface area contributed by atoms with E-state index < -0.39 is 0 Å². The molecular formula is C20H17FN4O. The number of halogens is 1. The first-order chi connectivity index (χ1) is 12.6. The summed E-state index contributed by atoms with van der Waals surface area (Å²) in [6.45, 7) is 4.05. The Morgan fingerprint density at radius 3 is 2.77 bits per heavy atom. The molecule has 0 aliphatic heterocycles. The van der Waals surface area contributed by atoms with E-state index in [9.17, 15) is 9.18 Å². The number of hydrogen-bond donors (Lipinski definition) is 0. The van der Waals surface area contributed by atoms with Crippen molar-refractivity contribution in [1.82, 2.24) is 19.3 Å². The Kier molecular flexibility index (Phi) is 3.88. The van der Waals surface area contributed by atoms with Crippen LogP contribution >= 0.6 is 0 Å². The Bertz CT molecular complexity index is 1110. The van der Waals surface area contributed by atoms with Gasteiger partial charge in [-0.15, -0.1) is 0 Å². The molecule has 5 nitrogen and oxygen atoms in total. The lowest BCUT2D eigenvalue weighted by Gasteiger charge is -2.16. The Balaban J connectivity index is 2.03. The van der Waals surface area contributed by atoms with Crippen molar-refractivity contribution in [2.24, 2.45) is 0 Å². The van der Waals surface area contributed by atoms with Crippen LogP contribution in [-0.2, 0) is 0 Å². The maximum Gasteiger partial charge on any atom is 0.152 e. The minimum Gasteiger partial charge on any atom is -0.314 e. The molecule has 3 heterocycles. The zero-order valence-electron chi connectivity index (χ0n) is 14.4. The van der Waals surface area contributed by atoms with Crippen LogP contribution in [0.1, 0.15) is 30.2 Å². The minimum atomic E-state index is -0.328. The highest BCUT2D eigenvalue weighted by atomic mass is 19.1. The van der Waals surface area contributed by atoms with Crippen LogP contribution in [0.2, 0.25) is 0 Å². The molecule has 26 heavy (non-hydrogen) atoms. The molecule has 0 saturated heterocycles. The molecule has 6 heteroatoms. The molecule has 3 aromatic heterocycles. The molecule has 0 unspecified atom stereocenters. The summed E-state index contributed by atoms with van der Waals surface area (Å²) < 4.78 is 17.8. The molecule has 1 aromatic carbocycles. The molecule has 0 N–H and O–H groups in total. The second kappa shape index (κ2) is 6.22. The van der Waals surface area contributed by atoms with Gasteiger partial charge in [0.25, 0.3) is 0 Å². The smallest absolute Gasteiger partial charge is 0.152 e. The highest BCUT2D eigenvalue weighted by molar-refractivity contribution is 5.98. The third-order valence-corrected chi connectivity index (χ3v) is 4.42. The summed E-state index contributed by atoms with van der Waals surface area (Å²) >= 11 is 0. The zero-order valence-corrected chi connectivity index (χ0v) is 14.4. The third kappa shape index (κ3) is 2.50. The summed E-state index contributed by atoms with van der Waals surface area (Å²) in [5.74, 6) is -0.328. The normalized spacial score (nSPS) is 11.4. The van der Waals surface area contributed by atoms with E-state index in [4.69, 9.17) is 0 Å². The van der Waals surface area contributed by atoms with Gasteiger partial charge in [0.05, 0.1) is 23.1 Å². The first kappa shape index (κ1) is 16.2. The fraction of sp³-hybridized carbons (Fsp3) is 0.150. The van der Waals surface area contributed by atoms with Crippen molar-refractivity contribution < 1.29 is 9.18 Å². The highest BCUT2D eigenvalue weighted by Crippen LogP contribution is 2.32. The second-order valence-corrected chi connectivity index (χ2v) is 6.38. The molecule has 4 aromatic rings. The fourth-order valence-corrected chi connectivity index (χ4v) is 3.26. The largest absolute Gasteiger partial charge is 0.314 e. The van der Waals surface area contributed by atoms with Gasteiger partial charge in [-0.2, -0.15) is 5.10 Å². The molecule has 0 saturated carbocycles. The second-order valence-electron chi connectivity index (χ2n) is 6.38. The van der Waals surface area contributed by atoms with Crippen molar-refractivity contribution in [1.29, 1.82) is 0 Å². The van der Waals surface area contributed by atoms with Crippen LogP contribution in [0.15, 0.2) is 55.1 Å². The van der Waals surface area contributed by atoms with Crippen molar-refractivity contribution in [3.8, 4) is 16.9 Å². The Morgan fingerprint density at radius 2 is 2.00 bits per heavy atom. The Labute approximate surface area is 149 Å². The maximum atomic E-state index is 14.1. The van der Waals surface area contributed by atoms with E-state index >= 15 is 0 Å². The minimum absolute atomic E-state index is 0.129. The van der Waals surface area contributed by atoms with Crippen LogP contribution in [0, 0.1) is 5.82 Å². The summed E-state index contributed by atoms with van der Waals surface area (Å²) in [4.78, 5) is 15.6. The van der Waals surface area contributed by atoms with Gasteiger partial charge in [0.15, 0.2) is 6.29 Å². The number of pyridine rings is 1. The molecule has 0 aliphatic rings. The highest BCUT2D eigenvalue weighted by Gasteiger charge is 2.17. The van der Waals surface area contributed by atoms with Gasteiger partial charge in [0.1, 0.15) is 5.82 Å². The summed E-state index contributed by atoms with van der Waals surface area (Å²) in [6, 6.07) is 8.42. The summed E-state index contributed by atoms with van der Waals surface area (Å²) in [5, 5.41) is 5.16. The van der Waals surface area contributed by atoms with Gasteiger partial charge in [-0.05, 0) is 44.2 Å². The maximum absolute atomic E-state index is 14.1. The number of hydrogen-bond acceptors (Lipinski definition) is 3. The molecule has 130 valence electrons. The summed E-state index contributed by atoms with van der Waals surface area (Å²) in [6.07, 6.45) is 7.64. The van der Waals surface area contributed by atoms with Crippen LogP contribution in [-0.4, -0.2) is 25.6 Å². The van der Waals surface area contributed by atoms with Crippen LogP contribution in [0.5, 0.6) is 0 Å². The number of fused-ring (bicyclic) bond motifs is 1. The molecule has 0 atom stereocenters. The Hall–Kier alpha value is -3.28. The molecule has 0 bridgehead atoms. The predicted octanol–water partition coefficient (Wildman–Crippen LogP) is 4.42. The lowest BCUT2D eigenvalue weighted by Crippen LogP contribution is -2.06. The number of carbonyl (C=O) groups is 1. The van der Waals surface area contributed by atoms with E-state index in [1.165, 1.54) is 12.1 Å². The van der Waals surface area contributed by atoms with E-state index in [1.807, 2.05) is 29.2 Å². The van der Waals surface area contributed by atoms with E-state index in [1.54, 1.807) is 36.9 Å². The molecule has 0 radical (unpaired) electrons. The average Bonchev–Trinajstić information content (AvgIpc) is 3.26. The van der Waals surface area contributed by atoms with Crippen LogP contribution in [0.25, 0.3) is 27.8 Å². The molecule has 4 rings (SSSR count). The molecule has 0 amide bonds.